The van der Waals surface area contributed by atoms with Crippen molar-refractivity contribution in [3.05, 3.63) is 83.4 Å². The second-order valence-electron chi connectivity index (χ2n) is 11.5. The molecule has 3 heterocycles. The number of methoxy groups -OCH3 is 1. The molecule has 4 aromatic rings. The number of alkyl halides is 3. The van der Waals surface area contributed by atoms with Crippen LogP contribution in [0, 0.1) is 5.82 Å². The predicted octanol–water partition coefficient (Wildman–Crippen LogP) is 5.03. The van der Waals surface area contributed by atoms with Gasteiger partial charge in [0.15, 0.2) is 0 Å². The zero-order valence-electron chi connectivity index (χ0n) is 24.0. The van der Waals surface area contributed by atoms with Crippen LogP contribution < -0.4 is 20.1 Å². The second kappa shape index (κ2) is 11.0. The van der Waals surface area contributed by atoms with Crippen molar-refractivity contribution in [2.24, 2.45) is 0 Å². The molecule has 2 aromatic carbocycles. The molecule has 1 aliphatic carbocycles. The molecule has 1 saturated carbocycles. The first-order chi connectivity index (χ1) is 20.9. The summed E-state index contributed by atoms with van der Waals surface area (Å²) in [5.41, 5.74) is -3.76. The molecule has 0 radical (unpaired) electrons. The minimum Gasteiger partial charge on any atom is -0.494 e. The highest BCUT2D eigenvalue weighted by molar-refractivity contribution is 5.99. The monoisotopic (exact) mass is 610 g/mol. The van der Waals surface area contributed by atoms with Gasteiger partial charge >= 0.3 is 6.18 Å². The second-order valence-corrected chi connectivity index (χ2v) is 11.5. The number of carbonyl (C=O) groups excluding carboxylic acids is 1. The van der Waals surface area contributed by atoms with E-state index in [2.05, 4.69) is 20.6 Å². The number of aliphatic hydroxyl groups is 1. The van der Waals surface area contributed by atoms with Crippen molar-refractivity contribution >= 4 is 16.8 Å². The van der Waals surface area contributed by atoms with Gasteiger partial charge in [-0.2, -0.15) is 13.2 Å². The molecule has 1 amide bonds. The molecule has 2 aliphatic rings. The molecule has 12 heteroatoms. The van der Waals surface area contributed by atoms with Gasteiger partial charge in [-0.1, -0.05) is 13.0 Å². The Balaban J connectivity index is 1.40. The Morgan fingerprint density at radius 1 is 1.16 bits per heavy atom. The predicted molar refractivity (Wildman–Crippen MR) is 154 cm³/mol. The molecule has 8 nitrogen and oxygen atoms in total. The lowest BCUT2D eigenvalue weighted by atomic mass is 9.82. The number of ether oxygens (including phenoxy) is 2. The number of hydrogen-bond donors (Lipinski definition) is 3. The first-order valence-corrected chi connectivity index (χ1v) is 14.1. The van der Waals surface area contributed by atoms with Crippen LogP contribution in [0.1, 0.15) is 41.4 Å². The van der Waals surface area contributed by atoms with Gasteiger partial charge in [0.25, 0.3) is 5.91 Å². The lowest BCUT2D eigenvalue weighted by Gasteiger charge is -2.32. The highest BCUT2D eigenvalue weighted by Crippen LogP contribution is 2.48. The summed E-state index contributed by atoms with van der Waals surface area (Å²) in [4.78, 5) is 21.7. The standard InChI is InChI=1S/C32H30F4N4O4/c1-30(15-38-22-9-10-22)17-44-28-23(30)14-25(40-27(28)18-5-7-21(33)8-6-18)31(42,32(34,35)36)16-39-29(41)20-12-19-4-3-11-37-26(19)24(13-20)43-2/h3-8,11-14,22,38,42H,9-10,15-17H2,1-2H3,(H,39,41)/t30-,31?/m0/s1. The molecular formula is C32H30F4N4O4. The number of halogens is 4. The van der Waals surface area contributed by atoms with Crippen molar-refractivity contribution in [3.8, 4) is 22.8 Å². The number of nitrogens with zero attached hydrogens (tertiary/aromatic N) is 2. The average molecular weight is 611 g/mol. The summed E-state index contributed by atoms with van der Waals surface area (Å²) in [5.74, 6) is -0.858. The van der Waals surface area contributed by atoms with Crippen molar-refractivity contribution in [1.29, 1.82) is 0 Å². The fourth-order valence-corrected chi connectivity index (χ4v) is 5.35. The Kier molecular flexibility index (Phi) is 7.45. The Labute approximate surface area is 250 Å². The van der Waals surface area contributed by atoms with Crippen LogP contribution >= 0.6 is 0 Å². The highest BCUT2D eigenvalue weighted by atomic mass is 19.4. The Hall–Kier alpha value is -4.29. The summed E-state index contributed by atoms with van der Waals surface area (Å²) >= 11 is 0. The molecular weight excluding hydrogens is 580 g/mol. The maximum absolute atomic E-state index is 14.8. The molecule has 230 valence electrons. The van der Waals surface area contributed by atoms with E-state index in [0.29, 0.717) is 34.6 Å². The largest absolute Gasteiger partial charge is 0.494 e. The van der Waals surface area contributed by atoms with Gasteiger partial charge in [0.05, 0.1) is 26.0 Å². The summed E-state index contributed by atoms with van der Waals surface area (Å²) in [5, 5.41) is 17.6. The number of hydrogen-bond acceptors (Lipinski definition) is 7. The summed E-state index contributed by atoms with van der Waals surface area (Å²) in [6, 6.07) is 12.8. The third kappa shape index (κ3) is 5.43. The van der Waals surface area contributed by atoms with Gasteiger partial charge in [-0.15, -0.1) is 0 Å². The van der Waals surface area contributed by atoms with E-state index in [1.807, 2.05) is 6.92 Å². The van der Waals surface area contributed by atoms with Crippen LogP contribution in [0.25, 0.3) is 22.2 Å². The van der Waals surface area contributed by atoms with Crippen LogP contribution in [0.5, 0.6) is 11.5 Å². The number of carbonyl (C=O) groups is 1. The van der Waals surface area contributed by atoms with E-state index >= 15 is 0 Å². The van der Waals surface area contributed by atoms with E-state index in [0.717, 1.165) is 12.8 Å². The van der Waals surface area contributed by atoms with Crippen molar-refractivity contribution in [1.82, 2.24) is 20.6 Å². The quantitative estimate of drug-likeness (QED) is 0.229. The third-order valence-corrected chi connectivity index (χ3v) is 8.18. The molecule has 0 bridgehead atoms. The Bertz CT molecular complexity index is 1730. The molecule has 1 aliphatic heterocycles. The summed E-state index contributed by atoms with van der Waals surface area (Å²) in [7, 11) is 1.39. The van der Waals surface area contributed by atoms with Crippen LogP contribution in [0.15, 0.2) is 60.8 Å². The first-order valence-electron chi connectivity index (χ1n) is 14.1. The number of aromatic nitrogens is 2. The van der Waals surface area contributed by atoms with Crippen molar-refractivity contribution < 1.29 is 36.9 Å². The number of rotatable bonds is 9. The van der Waals surface area contributed by atoms with Gasteiger partial charge in [0.2, 0.25) is 5.60 Å². The zero-order chi connectivity index (χ0) is 31.3. The summed E-state index contributed by atoms with van der Waals surface area (Å²) in [6.07, 6.45) is -1.66. The van der Waals surface area contributed by atoms with Gasteiger partial charge < -0.3 is 25.2 Å². The van der Waals surface area contributed by atoms with Crippen LogP contribution in [0.2, 0.25) is 0 Å². The van der Waals surface area contributed by atoms with E-state index in [4.69, 9.17) is 9.47 Å². The molecule has 3 N–H and O–H groups in total. The Morgan fingerprint density at radius 3 is 2.59 bits per heavy atom. The van der Waals surface area contributed by atoms with E-state index in [9.17, 15) is 27.5 Å². The molecule has 0 spiro atoms. The molecule has 2 aromatic heterocycles. The number of nitrogens with one attached hydrogen (secondary N) is 2. The summed E-state index contributed by atoms with van der Waals surface area (Å²) < 4.78 is 69.5. The number of fused-ring (bicyclic) bond motifs is 2. The number of benzene rings is 2. The van der Waals surface area contributed by atoms with Crippen LogP contribution in [-0.4, -0.2) is 60.0 Å². The maximum atomic E-state index is 14.8. The van der Waals surface area contributed by atoms with Crippen LogP contribution in [-0.2, 0) is 11.0 Å². The fraction of sp³-hybridized carbons (Fsp3) is 0.344. The summed E-state index contributed by atoms with van der Waals surface area (Å²) in [6.45, 7) is 1.23. The van der Waals surface area contributed by atoms with Crippen LogP contribution in [0.3, 0.4) is 0 Å². The highest BCUT2D eigenvalue weighted by Gasteiger charge is 2.57. The maximum Gasteiger partial charge on any atom is 0.424 e. The fourth-order valence-electron chi connectivity index (χ4n) is 5.35. The van der Waals surface area contributed by atoms with Gasteiger partial charge in [-0.05, 0) is 61.4 Å². The van der Waals surface area contributed by atoms with E-state index in [1.54, 1.807) is 18.3 Å². The van der Waals surface area contributed by atoms with Crippen molar-refractivity contribution in [2.75, 3.05) is 26.8 Å². The van der Waals surface area contributed by atoms with Gasteiger partial charge in [0.1, 0.15) is 28.5 Å². The normalized spacial score (nSPS) is 19.2. The molecule has 1 fully saturated rings. The first kappa shape index (κ1) is 29.8. The van der Waals surface area contributed by atoms with Crippen molar-refractivity contribution in [2.45, 2.75) is 43.0 Å². The van der Waals surface area contributed by atoms with E-state index in [-0.39, 0.29) is 29.4 Å². The smallest absolute Gasteiger partial charge is 0.424 e. The average Bonchev–Trinajstić information content (AvgIpc) is 3.79. The number of amides is 1. The molecule has 6 rings (SSSR count). The zero-order valence-corrected chi connectivity index (χ0v) is 24.0. The molecule has 44 heavy (non-hydrogen) atoms. The van der Waals surface area contributed by atoms with Crippen molar-refractivity contribution in [3.63, 3.8) is 0 Å². The van der Waals surface area contributed by atoms with E-state index in [1.165, 1.54) is 49.6 Å². The third-order valence-electron chi connectivity index (χ3n) is 8.18. The molecule has 1 unspecified atom stereocenters. The minimum absolute atomic E-state index is 0.0212. The van der Waals surface area contributed by atoms with Crippen LogP contribution in [0.4, 0.5) is 17.6 Å². The minimum atomic E-state index is -5.24. The van der Waals surface area contributed by atoms with Gasteiger partial charge in [-0.25, -0.2) is 9.37 Å². The number of pyridine rings is 2. The topological polar surface area (TPSA) is 106 Å². The Morgan fingerprint density at radius 2 is 1.91 bits per heavy atom. The molecule has 0 saturated heterocycles. The SMILES string of the molecule is COc1cc(C(=O)NCC(O)(c2cc3c(c(-c4ccc(F)cc4)n2)OC[C@]3(C)CNC2CC2)C(F)(F)F)cc2cccnc12. The van der Waals surface area contributed by atoms with Gasteiger partial charge in [0, 0.05) is 46.3 Å². The lowest BCUT2D eigenvalue weighted by Crippen LogP contribution is -2.51. The molecule has 2 atom stereocenters. The van der Waals surface area contributed by atoms with E-state index < -0.39 is 41.2 Å². The lowest BCUT2D eigenvalue weighted by molar-refractivity contribution is -0.265. The van der Waals surface area contributed by atoms with Gasteiger partial charge in [-0.3, -0.25) is 9.78 Å².